The van der Waals surface area contributed by atoms with Gasteiger partial charge >= 0.3 is 0 Å². The zero-order chi connectivity index (χ0) is 21.6. The number of carbonyl (C=O) groups is 1. The van der Waals surface area contributed by atoms with E-state index in [1.807, 2.05) is 30.3 Å². The van der Waals surface area contributed by atoms with Crippen molar-refractivity contribution in [3.63, 3.8) is 0 Å². The number of sulfonamides is 1. The van der Waals surface area contributed by atoms with E-state index in [4.69, 9.17) is 23.2 Å². The van der Waals surface area contributed by atoms with E-state index < -0.39 is 22.5 Å². The fourth-order valence-corrected chi connectivity index (χ4v) is 4.28. The smallest absolute Gasteiger partial charge is 0.264 e. The number of hydrazone groups is 1. The van der Waals surface area contributed by atoms with E-state index in [-0.39, 0.29) is 20.6 Å². The van der Waals surface area contributed by atoms with E-state index in [0.717, 1.165) is 9.87 Å². The molecule has 3 aromatic rings. The molecule has 9 heteroatoms. The standard InChI is InChI=1S/C21H17Cl2N3O3S/c22-19-12-11-17(13-20(19)23)26(30(28,29)18-9-5-2-6-10-18)15-21(27)25-24-14-16-7-3-1-4-8-16/h1-14H,15H2,(H,25,27)/b24-14+. The summed E-state index contributed by atoms with van der Waals surface area (Å²) in [5.41, 5.74) is 3.34. The van der Waals surface area contributed by atoms with Crippen LogP contribution in [0.15, 0.2) is 88.9 Å². The number of halogens is 2. The first kappa shape index (κ1) is 21.8. The molecule has 0 unspecified atom stereocenters. The van der Waals surface area contributed by atoms with Gasteiger partial charge in [0.2, 0.25) is 0 Å². The first-order chi connectivity index (χ1) is 14.4. The molecule has 0 aliphatic rings. The van der Waals surface area contributed by atoms with Crippen molar-refractivity contribution in [2.45, 2.75) is 4.90 Å². The number of benzene rings is 3. The number of nitrogens with zero attached hydrogens (tertiary/aromatic N) is 2. The third kappa shape index (κ3) is 5.38. The van der Waals surface area contributed by atoms with E-state index in [1.165, 1.54) is 36.5 Å². The van der Waals surface area contributed by atoms with Gasteiger partial charge in [-0.1, -0.05) is 71.7 Å². The molecule has 6 nitrogen and oxygen atoms in total. The Balaban J connectivity index is 1.87. The van der Waals surface area contributed by atoms with Crippen molar-refractivity contribution in [3.05, 3.63) is 94.5 Å². The Morgan fingerprint density at radius 3 is 2.20 bits per heavy atom. The maximum Gasteiger partial charge on any atom is 0.264 e. The van der Waals surface area contributed by atoms with Crippen molar-refractivity contribution in [1.29, 1.82) is 0 Å². The molecular weight excluding hydrogens is 445 g/mol. The summed E-state index contributed by atoms with van der Waals surface area (Å²) in [5.74, 6) is -0.618. The average Bonchev–Trinajstić information content (AvgIpc) is 2.75. The van der Waals surface area contributed by atoms with Crippen molar-refractivity contribution >= 4 is 51.0 Å². The highest BCUT2D eigenvalue weighted by atomic mass is 35.5. The summed E-state index contributed by atoms with van der Waals surface area (Å²) in [5, 5.41) is 4.33. The van der Waals surface area contributed by atoms with Crippen molar-refractivity contribution in [1.82, 2.24) is 5.43 Å². The van der Waals surface area contributed by atoms with Crippen LogP contribution in [0.3, 0.4) is 0 Å². The van der Waals surface area contributed by atoms with Gasteiger partial charge in [-0.15, -0.1) is 0 Å². The molecule has 154 valence electrons. The van der Waals surface area contributed by atoms with E-state index in [0.29, 0.717) is 0 Å². The van der Waals surface area contributed by atoms with Gasteiger partial charge in [0.05, 0.1) is 26.8 Å². The predicted octanol–water partition coefficient (Wildman–Crippen LogP) is 4.34. The Hall–Kier alpha value is -2.87. The Morgan fingerprint density at radius 2 is 1.57 bits per heavy atom. The van der Waals surface area contributed by atoms with E-state index >= 15 is 0 Å². The fraction of sp³-hybridized carbons (Fsp3) is 0.0476. The normalized spacial score (nSPS) is 11.4. The highest BCUT2D eigenvalue weighted by Crippen LogP contribution is 2.30. The van der Waals surface area contributed by atoms with Gasteiger partial charge < -0.3 is 0 Å². The summed E-state index contributed by atoms with van der Waals surface area (Å²) in [6.07, 6.45) is 1.47. The lowest BCUT2D eigenvalue weighted by Crippen LogP contribution is -2.39. The van der Waals surface area contributed by atoms with Crippen LogP contribution in [-0.2, 0) is 14.8 Å². The van der Waals surface area contributed by atoms with Crippen molar-refractivity contribution in [2.24, 2.45) is 5.10 Å². The lowest BCUT2D eigenvalue weighted by molar-refractivity contribution is -0.119. The van der Waals surface area contributed by atoms with Crippen LogP contribution < -0.4 is 9.73 Å². The summed E-state index contributed by atoms with van der Waals surface area (Å²) in [6.45, 7) is -0.499. The number of carbonyl (C=O) groups excluding carboxylic acids is 1. The van der Waals surface area contributed by atoms with Crippen LogP contribution in [0, 0.1) is 0 Å². The highest BCUT2D eigenvalue weighted by molar-refractivity contribution is 7.92. The van der Waals surface area contributed by atoms with Gasteiger partial charge in [0.1, 0.15) is 6.54 Å². The molecule has 1 N–H and O–H groups in total. The SMILES string of the molecule is O=C(CN(c1ccc(Cl)c(Cl)c1)S(=O)(=O)c1ccccc1)N/N=C/c1ccccc1. The number of amides is 1. The largest absolute Gasteiger partial charge is 0.271 e. The average molecular weight is 462 g/mol. The maximum atomic E-state index is 13.2. The first-order valence-electron chi connectivity index (χ1n) is 8.78. The zero-order valence-electron chi connectivity index (χ0n) is 15.6. The van der Waals surface area contributed by atoms with E-state index in [1.54, 1.807) is 18.2 Å². The molecule has 0 aliphatic carbocycles. The van der Waals surface area contributed by atoms with Crippen molar-refractivity contribution in [3.8, 4) is 0 Å². The number of anilines is 1. The molecule has 0 aromatic heterocycles. The molecule has 0 heterocycles. The topological polar surface area (TPSA) is 78.8 Å². The second-order valence-electron chi connectivity index (χ2n) is 6.13. The minimum Gasteiger partial charge on any atom is -0.271 e. The van der Waals surface area contributed by atoms with Crippen LogP contribution in [0.1, 0.15) is 5.56 Å². The quantitative estimate of drug-likeness (QED) is 0.419. The van der Waals surface area contributed by atoms with Crippen LogP contribution in [0.4, 0.5) is 5.69 Å². The van der Waals surface area contributed by atoms with Crippen LogP contribution in [0.5, 0.6) is 0 Å². The van der Waals surface area contributed by atoms with Gasteiger partial charge in [0, 0.05) is 0 Å². The van der Waals surface area contributed by atoms with Crippen molar-refractivity contribution in [2.75, 3.05) is 10.8 Å². The summed E-state index contributed by atoms with van der Waals surface area (Å²) < 4.78 is 27.3. The molecule has 0 saturated heterocycles. The molecule has 0 atom stereocenters. The van der Waals surface area contributed by atoms with Gasteiger partial charge in [-0.25, -0.2) is 13.8 Å². The maximum absolute atomic E-state index is 13.2. The Kier molecular flexibility index (Phi) is 7.10. The molecule has 0 bridgehead atoms. The number of rotatable bonds is 7. The molecule has 0 saturated carbocycles. The molecule has 0 spiro atoms. The highest BCUT2D eigenvalue weighted by Gasteiger charge is 2.27. The van der Waals surface area contributed by atoms with Crippen LogP contribution in [0.2, 0.25) is 10.0 Å². The zero-order valence-corrected chi connectivity index (χ0v) is 17.9. The van der Waals surface area contributed by atoms with Gasteiger partial charge in [0.15, 0.2) is 0 Å². The van der Waals surface area contributed by atoms with Crippen LogP contribution in [-0.4, -0.2) is 27.1 Å². The van der Waals surface area contributed by atoms with Crippen LogP contribution >= 0.6 is 23.2 Å². The van der Waals surface area contributed by atoms with E-state index in [9.17, 15) is 13.2 Å². The first-order valence-corrected chi connectivity index (χ1v) is 11.0. The molecule has 30 heavy (non-hydrogen) atoms. The fourth-order valence-electron chi connectivity index (χ4n) is 2.56. The van der Waals surface area contributed by atoms with Gasteiger partial charge in [-0.05, 0) is 35.9 Å². The molecule has 3 aromatic carbocycles. The van der Waals surface area contributed by atoms with Gasteiger partial charge in [0.25, 0.3) is 15.9 Å². The molecular formula is C21H17Cl2N3O3S. The Morgan fingerprint density at radius 1 is 0.933 bits per heavy atom. The molecule has 0 aliphatic heterocycles. The van der Waals surface area contributed by atoms with Crippen LogP contribution in [0.25, 0.3) is 0 Å². The van der Waals surface area contributed by atoms with Gasteiger partial charge in [-0.2, -0.15) is 5.10 Å². The number of hydrogen-bond donors (Lipinski definition) is 1. The summed E-state index contributed by atoms with van der Waals surface area (Å²) in [4.78, 5) is 12.5. The molecule has 0 radical (unpaired) electrons. The third-order valence-corrected chi connectivity index (χ3v) is 6.54. The molecule has 1 amide bonds. The number of hydrogen-bond acceptors (Lipinski definition) is 4. The summed E-state index contributed by atoms with van der Waals surface area (Å²) in [6, 6.07) is 21.3. The third-order valence-electron chi connectivity index (χ3n) is 4.01. The molecule has 3 rings (SSSR count). The van der Waals surface area contributed by atoms with Gasteiger partial charge in [-0.3, -0.25) is 9.10 Å². The Bertz CT molecular complexity index is 1150. The second kappa shape index (κ2) is 9.75. The minimum absolute atomic E-state index is 0.0386. The lowest BCUT2D eigenvalue weighted by atomic mass is 10.2. The lowest BCUT2D eigenvalue weighted by Gasteiger charge is -2.24. The predicted molar refractivity (Wildman–Crippen MR) is 120 cm³/mol. The second-order valence-corrected chi connectivity index (χ2v) is 8.80. The minimum atomic E-state index is -4.04. The van der Waals surface area contributed by atoms with E-state index in [2.05, 4.69) is 10.5 Å². The summed E-state index contributed by atoms with van der Waals surface area (Å²) in [7, 11) is -4.04. The Labute approximate surface area is 184 Å². The van der Waals surface area contributed by atoms with Crippen molar-refractivity contribution < 1.29 is 13.2 Å². The number of nitrogens with one attached hydrogen (secondary N) is 1. The molecule has 0 fully saturated rings. The monoisotopic (exact) mass is 461 g/mol. The summed E-state index contributed by atoms with van der Waals surface area (Å²) >= 11 is 12.0.